The predicted octanol–water partition coefficient (Wildman–Crippen LogP) is 2.17. The Morgan fingerprint density at radius 2 is 2.00 bits per heavy atom. The zero-order chi connectivity index (χ0) is 19.8. The molecule has 24 heavy (non-hydrogen) atoms. The molecule has 0 aromatic heterocycles. The second-order valence-corrected chi connectivity index (χ2v) is 7.25. The van der Waals surface area contributed by atoms with E-state index in [0.717, 1.165) is 0 Å². The molecular formula is C16H24N3O4P. The molecule has 0 saturated heterocycles. The fourth-order valence-corrected chi connectivity index (χ4v) is 2.78. The smallest absolute Gasteiger partial charge is 0.303 e. The van der Waals surface area contributed by atoms with E-state index in [4.69, 9.17) is 18.7 Å². The molecule has 7 nitrogen and oxygen atoms in total. The maximum Gasteiger partial charge on any atom is 0.303 e. The molecule has 4 atom stereocenters. The van der Waals surface area contributed by atoms with E-state index >= 15 is 0 Å². The van der Waals surface area contributed by atoms with Crippen molar-refractivity contribution in [2.75, 3.05) is 6.66 Å². The highest BCUT2D eigenvalue weighted by atomic mass is 31.1. The molecule has 0 radical (unpaired) electrons. The van der Waals surface area contributed by atoms with Gasteiger partial charge in [-0.2, -0.15) is 5.26 Å². The summed E-state index contributed by atoms with van der Waals surface area (Å²) in [6.07, 6.45) is -0.186. The van der Waals surface area contributed by atoms with Crippen LogP contribution in [0, 0.1) is 29.2 Å². The van der Waals surface area contributed by atoms with Crippen LogP contribution in [0.25, 0.3) is 4.85 Å². The van der Waals surface area contributed by atoms with Crippen LogP contribution >= 0.6 is 8.53 Å². The largest absolute Gasteiger partial charge is 0.481 e. The average molecular weight is 355 g/mol. The SMILES string of the molecule is [3H]P(C)C(=O)CCC(C)(CC(C(N)=O)C(C)(C#N)CCC(=O)O)[N+]#[C-]. The van der Waals surface area contributed by atoms with Crippen molar-refractivity contribution in [1.29, 1.82) is 6.54 Å². The van der Waals surface area contributed by atoms with Crippen molar-refractivity contribution < 1.29 is 19.5 Å². The highest BCUT2D eigenvalue weighted by molar-refractivity contribution is 7.57. The number of rotatable bonds is 11. The monoisotopic (exact) mass is 355 g/mol. The number of hydrogen-bond donors (Lipinski definition) is 2. The number of carboxylic acid groups (broad SMARTS) is 1. The molecule has 8 heteroatoms. The van der Waals surface area contributed by atoms with E-state index in [1.165, 1.54) is 13.6 Å². The van der Waals surface area contributed by atoms with Crippen LogP contribution in [0.4, 0.5) is 0 Å². The molecule has 0 aliphatic heterocycles. The van der Waals surface area contributed by atoms with Gasteiger partial charge in [0.25, 0.3) is 0 Å². The lowest BCUT2D eigenvalue weighted by atomic mass is 9.69. The Bertz CT molecular complexity index is 613. The van der Waals surface area contributed by atoms with Crippen molar-refractivity contribution in [3.63, 3.8) is 0 Å². The van der Waals surface area contributed by atoms with Gasteiger partial charge in [0, 0.05) is 32.6 Å². The molecule has 1 amide bonds. The van der Waals surface area contributed by atoms with Crippen LogP contribution in [0.1, 0.15) is 46.0 Å². The van der Waals surface area contributed by atoms with Gasteiger partial charge in [-0.3, -0.25) is 14.4 Å². The number of carbonyl (C=O) groups excluding carboxylic acids is 2. The van der Waals surface area contributed by atoms with Gasteiger partial charge in [-0.05, 0) is 20.0 Å². The maximum absolute atomic E-state index is 11.9. The maximum atomic E-state index is 11.9. The molecule has 0 aromatic rings. The van der Waals surface area contributed by atoms with Gasteiger partial charge in [-0.25, -0.2) is 6.57 Å². The summed E-state index contributed by atoms with van der Waals surface area (Å²) in [6.45, 7) is 12.0. The fraction of sp³-hybridized carbons (Fsp3) is 0.688. The zero-order valence-electron chi connectivity index (χ0n) is 15.2. The Kier molecular flexibility index (Phi) is 7.82. The number of nitriles is 1. The van der Waals surface area contributed by atoms with Crippen molar-refractivity contribution in [1.82, 2.24) is 0 Å². The van der Waals surface area contributed by atoms with Crippen LogP contribution in [0.3, 0.4) is 0 Å². The Balaban J connectivity index is 5.41. The first-order valence-corrected chi connectivity index (χ1v) is 8.81. The summed E-state index contributed by atoms with van der Waals surface area (Å²) in [6, 6.07) is 1.98. The lowest BCUT2D eigenvalue weighted by Gasteiger charge is -2.31. The second-order valence-electron chi connectivity index (χ2n) is 6.31. The number of nitrogens with two attached hydrogens (primary N) is 1. The van der Waals surface area contributed by atoms with Crippen LogP contribution in [0.5, 0.6) is 0 Å². The number of hydrogen-bond acceptors (Lipinski definition) is 4. The molecule has 132 valence electrons. The standard InChI is InChI=1S/C16H24N3O4P/c1-15(10-17,7-5-12(20)21)11(14(18)23)9-16(2,19-3)8-6-13(22)24-4/h11,24H,5-9H2,1-2,4H3,(H2,18,23)(H,20,21)/i24T. The van der Waals surface area contributed by atoms with Crippen molar-refractivity contribution >= 4 is 25.9 Å². The lowest BCUT2D eigenvalue weighted by Crippen LogP contribution is -2.41. The van der Waals surface area contributed by atoms with E-state index in [1.54, 1.807) is 6.92 Å². The second kappa shape index (κ2) is 9.35. The molecule has 0 rings (SSSR count). The Hall–Kier alpha value is -1.98. The zero-order valence-corrected chi connectivity index (χ0v) is 15.1. The summed E-state index contributed by atoms with van der Waals surface area (Å²) in [5.74, 6) is -2.87. The molecule has 0 saturated carbocycles. The number of carboxylic acids is 1. The Morgan fingerprint density at radius 1 is 1.42 bits per heavy atom. The molecular weight excluding hydrogens is 329 g/mol. The third-order valence-electron chi connectivity index (χ3n) is 4.27. The molecule has 0 bridgehead atoms. The molecule has 0 aromatic carbocycles. The van der Waals surface area contributed by atoms with Crippen molar-refractivity contribution in [2.45, 2.75) is 51.5 Å². The molecule has 0 spiro atoms. The van der Waals surface area contributed by atoms with Gasteiger partial charge < -0.3 is 15.7 Å². The quantitative estimate of drug-likeness (QED) is 0.434. The van der Waals surface area contributed by atoms with E-state index in [1.807, 2.05) is 6.07 Å². The van der Waals surface area contributed by atoms with Crippen LogP contribution in [-0.2, 0) is 14.4 Å². The molecule has 0 aliphatic rings. The van der Waals surface area contributed by atoms with Gasteiger partial charge in [-0.1, -0.05) is 8.53 Å². The van der Waals surface area contributed by atoms with Gasteiger partial charge in [0.2, 0.25) is 11.4 Å². The van der Waals surface area contributed by atoms with Gasteiger partial charge in [0.05, 0.1) is 18.7 Å². The molecule has 0 heterocycles. The number of aliphatic carboxylic acids is 1. The summed E-state index contributed by atoms with van der Waals surface area (Å²) in [5.41, 5.74) is 2.79. The van der Waals surface area contributed by atoms with Crippen LogP contribution < -0.4 is 5.73 Å². The summed E-state index contributed by atoms with van der Waals surface area (Å²) in [4.78, 5) is 37.9. The molecule has 0 aliphatic carbocycles. The first kappa shape index (κ1) is 20.1. The highest BCUT2D eigenvalue weighted by Crippen LogP contribution is 2.39. The Morgan fingerprint density at radius 3 is 2.38 bits per heavy atom. The van der Waals surface area contributed by atoms with E-state index in [9.17, 15) is 19.6 Å². The normalized spacial score (nSPS) is 18.6. The third-order valence-corrected chi connectivity index (χ3v) is 4.99. The number of carbonyl (C=O) groups is 3. The summed E-state index contributed by atoms with van der Waals surface area (Å²) >= 11 is 0. The van der Waals surface area contributed by atoms with E-state index < -0.39 is 37.3 Å². The third kappa shape index (κ3) is 6.64. The molecule has 0 fully saturated rings. The Labute approximate surface area is 145 Å². The van der Waals surface area contributed by atoms with Gasteiger partial charge in [0.1, 0.15) is 0 Å². The van der Waals surface area contributed by atoms with Crippen molar-refractivity contribution in [2.24, 2.45) is 17.1 Å². The van der Waals surface area contributed by atoms with Crippen LogP contribution in [0.15, 0.2) is 0 Å². The van der Waals surface area contributed by atoms with E-state index in [2.05, 4.69) is 4.85 Å². The highest BCUT2D eigenvalue weighted by Gasteiger charge is 2.45. The van der Waals surface area contributed by atoms with Crippen LogP contribution in [-0.4, -0.2) is 36.0 Å². The van der Waals surface area contributed by atoms with E-state index in [-0.39, 0.29) is 37.6 Å². The summed E-state index contributed by atoms with van der Waals surface area (Å²) < 4.78 is 7.45. The average Bonchev–Trinajstić information content (AvgIpc) is 2.55. The minimum Gasteiger partial charge on any atom is -0.481 e. The summed E-state index contributed by atoms with van der Waals surface area (Å²) in [5, 5.41) is 18.3. The van der Waals surface area contributed by atoms with Gasteiger partial charge in [-0.15, -0.1) is 0 Å². The number of primary amides is 1. The predicted molar refractivity (Wildman–Crippen MR) is 91.4 cm³/mol. The fourth-order valence-electron chi connectivity index (χ4n) is 2.45. The summed E-state index contributed by atoms with van der Waals surface area (Å²) in [7, 11) is -1.49. The first-order valence-electron chi connectivity index (χ1n) is 7.92. The topological polar surface area (TPSA) is 126 Å². The van der Waals surface area contributed by atoms with Gasteiger partial charge >= 0.3 is 5.97 Å². The van der Waals surface area contributed by atoms with E-state index in [0.29, 0.717) is 0 Å². The molecule has 4 unspecified atom stereocenters. The molecule has 3 N–H and O–H groups in total. The minimum atomic E-state index is -1.49. The van der Waals surface area contributed by atoms with Gasteiger partial charge in [0.15, 0.2) is 5.52 Å². The van der Waals surface area contributed by atoms with Crippen molar-refractivity contribution in [3.8, 4) is 6.07 Å². The first-order chi connectivity index (χ1) is 11.4. The lowest BCUT2D eigenvalue weighted by molar-refractivity contribution is -0.138. The van der Waals surface area contributed by atoms with Crippen LogP contribution in [0.2, 0.25) is 0 Å². The number of nitrogens with zero attached hydrogens (tertiary/aromatic N) is 2. The number of amides is 1. The van der Waals surface area contributed by atoms with Crippen molar-refractivity contribution in [3.05, 3.63) is 11.4 Å². The minimum absolute atomic E-state index is 0.0393.